The molecule has 172 valence electrons. The van der Waals surface area contributed by atoms with Gasteiger partial charge in [0.2, 0.25) is 5.91 Å². The zero-order chi connectivity index (χ0) is 23.2. The van der Waals surface area contributed by atoms with Crippen molar-refractivity contribution in [2.24, 2.45) is 0 Å². The molecule has 0 aliphatic carbocycles. The number of ether oxygens (including phenoxy) is 1. The van der Waals surface area contributed by atoms with Crippen molar-refractivity contribution >= 4 is 34.0 Å². The van der Waals surface area contributed by atoms with Crippen LogP contribution in [0.5, 0.6) is 5.75 Å². The van der Waals surface area contributed by atoms with Crippen LogP contribution in [0, 0.1) is 5.82 Å². The number of piperazine rings is 1. The molecule has 1 fully saturated rings. The van der Waals surface area contributed by atoms with E-state index in [0.717, 1.165) is 30.2 Å². The molecule has 0 spiro atoms. The van der Waals surface area contributed by atoms with Crippen LogP contribution in [0.1, 0.15) is 22.5 Å². The van der Waals surface area contributed by atoms with Crippen molar-refractivity contribution in [2.45, 2.75) is 12.8 Å². The van der Waals surface area contributed by atoms with E-state index in [4.69, 9.17) is 4.74 Å². The lowest BCUT2D eigenvalue weighted by atomic mass is 10.2. The summed E-state index contributed by atoms with van der Waals surface area (Å²) in [6.07, 6.45) is 0.887. The van der Waals surface area contributed by atoms with Crippen LogP contribution in [-0.4, -0.2) is 55.0 Å². The van der Waals surface area contributed by atoms with Gasteiger partial charge in [-0.3, -0.25) is 14.9 Å². The molecule has 0 saturated carbocycles. The number of methoxy groups -OCH3 is 1. The molecule has 1 aliphatic rings. The SMILES string of the molecule is COc1ccc(N2CCN(C(=O)CCc3csc(NC(=O)c4ccc(F)cc4)n3)CC2)cc1. The van der Waals surface area contributed by atoms with Gasteiger partial charge < -0.3 is 14.5 Å². The fraction of sp³-hybridized carbons (Fsp3) is 0.292. The first-order valence-corrected chi connectivity index (χ1v) is 11.6. The summed E-state index contributed by atoms with van der Waals surface area (Å²) < 4.78 is 18.2. The molecule has 1 aromatic heterocycles. The standard InChI is InChI=1S/C24H25FN4O3S/c1-32-21-9-7-20(8-10-21)28-12-14-29(15-13-28)22(30)11-6-19-16-33-24(26-19)27-23(31)17-2-4-18(25)5-3-17/h2-5,7-10,16H,6,11-15H2,1H3,(H,26,27,31). The van der Waals surface area contributed by atoms with Gasteiger partial charge in [-0.05, 0) is 55.0 Å². The largest absolute Gasteiger partial charge is 0.497 e. The number of nitrogens with zero attached hydrogens (tertiary/aromatic N) is 3. The molecular weight excluding hydrogens is 443 g/mol. The molecule has 1 saturated heterocycles. The van der Waals surface area contributed by atoms with E-state index in [9.17, 15) is 14.0 Å². The Hall–Kier alpha value is -3.46. The first-order valence-electron chi connectivity index (χ1n) is 10.7. The second-order valence-corrected chi connectivity index (χ2v) is 8.53. The smallest absolute Gasteiger partial charge is 0.257 e. The van der Waals surface area contributed by atoms with E-state index in [2.05, 4.69) is 15.2 Å². The number of nitrogens with one attached hydrogen (secondary N) is 1. The lowest BCUT2D eigenvalue weighted by Gasteiger charge is -2.36. The Labute approximate surface area is 195 Å². The molecule has 3 aromatic rings. The molecule has 2 amide bonds. The highest BCUT2D eigenvalue weighted by Gasteiger charge is 2.21. The number of aryl methyl sites for hydroxylation is 1. The van der Waals surface area contributed by atoms with E-state index < -0.39 is 5.82 Å². The molecule has 4 rings (SSSR count). The summed E-state index contributed by atoms with van der Waals surface area (Å²) in [7, 11) is 1.65. The first-order chi connectivity index (χ1) is 16.0. The van der Waals surface area contributed by atoms with Crippen molar-refractivity contribution in [3.05, 3.63) is 71.0 Å². The molecule has 0 bridgehead atoms. The third-order valence-corrected chi connectivity index (χ3v) is 6.35. The van der Waals surface area contributed by atoms with Gasteiger partial charge in [-0.15, -0.1) is 11.3 Å². The summed E-state index contributed by atoms with van der Waals surface area (Å²) >= 11 is 1.31. The van der Waals surface area contributed by atoms with Gasteiger partial charge >= 0.3 is 0 Å². The van der Waals surface area contributed by atoms with Crippen LogP contribution in [0.2, 0.25) is 0 Å². The highest BCUT2D eigenvalue weighted by molar-refractivity contribution is 7.14. The molecule has 0 atom stereocenters. The van der Waals surface area contributed by atoms with Gasteiger partial charge in [-0.2, -0.15) is 0 Å². The number of carbonyl (C=O) groups excluding carboxylic acids is 2. The zero-order valence-electron chi connectivity index (χ0n) is 18.3. The Morgan fingerprint density at radius 1 is 1.06 bits per heavy atom. The monoisotopic (exact) mass is 468 g/mol. The number of anilines is 2. The number of benzene rings is 2. The average Bonchev–Trinajstić information content (AvgIpc) is 3.30. The van der Waals surface area contributed by atoms with E-state index in [1.807, 2.05) is 34.5 Å². The first kappa shape index (κ1) is 22.7. The number of rotatable bonds is 7. The Bertz CT molecular complexity index is 1090. The Kier molecular flexibility index (Phi) is 7.19. The van der Waals surface area contributed by atoms with Crippen LogP contribution >= 0.6 is 11.3 Å². The molecule has 9 heteroatoms. The van der Waals surface area contributed by atoms with Gasteiger partial charge in [0.15, 0.2) is 5.13 Å². The predicted molar refractivity (Wildman–Crippen MR) is 127 cm³/mol. The van der Waals surface area contributed by atoms with E-state index in [1.54, 1.807) is 7.11 Å². The highest BCUT2D eigenvalue weighted by Crippen LogP contribution is 2.21. The lowest BCUT2D eigenvalue weighted by molar-refractivity contribution is -0.131. The lowest BCUT2D eigenvalue weighted by Crippen LogP contribution is -2.48. The molecule has 2 aromatic carbocycles. The highest BCUT2D eigenvalue weighted by atomic mass is 32.1. The number of aromatic nitrogens is 1. The molecule has 1 N–H and O–H groups in total. The summed E-state index contributed by atoms with van der Waals surface area (Å²) in [5, 5.41) is 5.01. The maximum absolute atomic E-state index is 13.0. The van der Waals surface area contributed by atoms with Crippen molar-refractivity contribution in [3.8, 4) is 5.75 Å². The Morgan fingerprint density at radius 2 is 1.76 bits per heavy atom. The number of carbonyl (C=O) groups is 2. The number of thiazole rings is 1. The molecule has 33 heavy (non-hydrogen) atoms. The topological polar surface area (TPSA) is 74.8 Å². The van der Waals surface area contributed by atoms with E-state index in [0.29, 0.717) is 36.6 Å². The third kappa shape index (κ3) is 5.87. The fourth-order valence-electron chi connectivity index (χ4n) is 3.65. The van der Waals surface area contributed by atoms with E-state index >= 15 is 0 Å². The second-order valence-electron chi connectivity index (χ2n) is 7.67. The van der Waals surface area contributed by atoms with Gasteiger partial charge in [0.05, 0.1) is 12.8 Å². The van der Waals surface area contributed by atoms with Crippen molar-refractivity contribution in [3.63, 3.8) is 0 Å². The number of halogens is 1. The quantitative estimate of drug-likeness (QED) is 0.571. The van der Waals surface area contributed by atoms with Crippen LogP contribution in [0.3, 0.4) is 0 Å². The third-order valence-electron chi connectivity index (χ3n) is 5.54. The number of hydrogen-bond acceptors (Lipinski definition) is 6. The normalized spacial score (nSPS) is 13.6. The minimum Gasteiger partial charge on any atom is -0.497 e. The summed E-state index contributed by atoms with van der Waals surface area (Å²) in [6, 6.07) is 13.3. The van der Waals surface area contributed by atoms with Crippen LogP contribution in [0.25, 0.3) is 0 Å². The predicted octanol–water partition coefficient (Wildman–Crippen LogP) is 3.82. The molecular formula is C24H25FN4O3S. The Morgan fingerprint density at radius 3 is 2.42 bits per heavy atom. The van der Waals surface area contributed by atoms with Crippen LogP contribution in [0.15, 0.2) is 53.9 Å². The summed E-state index contributed by atoms with van der Waals surface area (Å²) in [5.41, 5.74) is 2.25. The Balaban J connectivity index is 1.23. The fourth-order valence-corrected chi connectivity index (χ4v) is 4.39. The van der Waals surface area contributed by atoms with Crippen molar-refractivity contribution in [1.29, 1.82) is 0 Å². The summed E-state index contributed by atoms with van der Waals surface area (Å²) in [4.78, 5) is 33.4. The van der Waals surface area contributed by atoms with Gasteiger partial charge in [-0.25, -0.2) is 9.37 Å². The summed E-state index contributed by atoms with van der Waals surface area (Å²) in [6.45, 7) is 2.94. The van der Waals surface area contributed by atoms with Crippen molar-refractivity contribution < 1.29 is 18.7 Å². The van der Waals surface area contributed by atoms with Crippen molar-refractivity contribution in [1.82, 2.24) is 9.88 Å². The van der Waals surface area contributed by atoms with Gasteiger partial charge in [-0.1, -0.05) is 0 Å². The molecule has 7 nitrogen and oxygen atoms in total. The number of amides is 2. The van der Waals surface area contributed by atoms with E-state index in [-0.39, 0.29) is 11.8 Å². The van der Waals surface area contributed by atoms with Gasteiger partial charge in [0.1, 0.15) is 11.6 Å². The zero-order valence-corrected chi connectivity index (χ0v) is 19.1. The minimum atomic E-state index is -0.394. The number of hydrogen-bond donors (Lipinski definition) is 1. The molecule has 0 unspecified atom stereocenters. The maximum atomic E-state index is 13.0. The molecule has 2 heterocycles. The molecule has 0 radical (unpaired) electrons. The summed E-state index contributed by atoms with van der Waals surface area (Å²) in [5.74, 6) is 0.193. The molecule has 1 aliphatic heterocycles. The van der Waals surface area contributed by atoms with Crippen LogP contribution < -0.4 is 15.0 Å². The van der Waals surface area contributed by atoms with E-state index in [1.165, 1.54) is 35.6 Å². The maximum Gasteiger partial charge on any atom is 0.257 e. The minimum absolute atomic E-state index is 0.106. The second kappa shape index (κ2) is 10.4. The van der Waals surface area contributed by atoms with Gasteiger partial charge in [0.25, 0.3) is 5.91 Å². The van der Waals surface area contributed by atoms with Crippen LogP contribution in [0.4, 0.5) is 15.2 Å². The van der Waals surface area contributed by atoms with Crippen LogP contribution in [-0.2, 0) is 11.2 Å². The average molecular weight is 469 g/mol. The van der Waals surface area contributed by atoms with Crippen molar-refractivity contribution in [2.75, 3.05) is 43.5 Å². The van der Waals surface area contributed by atoms with Gasteiger partial charge in [0, 0.05) is 49.2 Å².